The van der Waals surface area contributed by atoms with E-state index in [1.165, 1.54) is 38.6 Å². The van der Waals surface area contributed by atoms with E-state index in [1.807, 2.05) is 0 Å². The molecule has 1 N–H and O–H groups in total. The Morgan fingerprint density at radius 1 is 1.30 bits per heavy atom. The lowest BCUT2D eigenvalue weighted by Crippen LogP contribution is -2.43. The Bertz CT molecular complexity index is 133. The average Bonchev–Trinajstić information content (AvgIpc) is 2.29. The van der Waals surface area contributed by atoms with E-state index in [2.05, 4.69) is 12.2 Å². The SMILES string of the molecule is C[C@@]12CCCC[C@@H]1CCN2. The number of rotatable bonds is 0. The number of hydrogen-bond donors (Lipinski definition) is 1. The Labute approximate surface area is 63.2 Å². The minimum absolute atomic E-state index is 0.540. The van der Waals surface area contributed by atoms with Gasteiger partial charge in [-0.05, 0) is 38.6 Å². The number of nitrogens with one attached hydrogen (secondary N) is 1. The van der Waals surface area contributed by atoms with E-state index < -0.39 is 0 Å². The zero-order chi connectivity index (χ0) is 7.03. The van der Waals surface area contributed by atoms with Gasteiger partial charge < -0.3 is 5.32 Å². The molecule has 2 aliphatic rings. The quantitative estimate of drug-likeness (QED) is 0.540. The fourth-order valence-electron chi connectivity index (χ4n) is 2.63. The predicted octanol–water partition coefficient (Wildman–Crippen LogP) is 1.93. The fourth-order valence-corrected chi connectivity index (χ4v) is 2.63. The first-order valence-corrected chi connectivity index (χ1v) is 4.56. The Morgan fingerprint density at radius 2 is 2.20 bits per heavy atom. The van der Waals surface area contributed by atoms with E-state index in [0.717, 1.165) is 5.92 Å². The van der Waals surface area contributed by atoms with Gasteiger partial charge in [-0.25, -0.2) is 0 Å². The molecule has 1 aliphatic carbocycles. The van der Waals surface area contributed by atoms with Crippen molar-refractivity contribution in [2.45, 2.75) is 44.6 Å². The van der Waals surface area contributed by atoms with Crippen LogP contribution < -0.4 is 5.32 Å². The molecule has 0 spiro atoms. The Kier molecular flexibility index (Phi) is 1.48. The van der Waals surface area contributed by atoms with Gasteiger partial charge in [-0.15, -0.1) is 0 Å². The molecule has 1 saturated carbocycles. The van der Waals surface area contributed by atoms with Crippen molar-refractivity contribution < 1.29 is 0 Å². The summed E-state index contributed by atoms with van der Waals surface area (Å²) >= 11 is 0. The molecule has 0 unspecified atom stereocenters. The maximum Gasteiger partial charge on any atom is 0.0181 e. The largest absolute Gasteiger partial charge is 0.311 e. The molecule has 0 aromatic heterocycles. The van der Waals surface area contributed by atoms with Gasteiger partial charge in [0, 0.05) is 5.54 Å². The van der Waals surface area contributed by atoms with Crippen LogP contribution in [0.2, 0.25) is 0 Å². The van der Waals surface area contributed by atoms with Crippen LogP contribution in [-0.4, -0.2) is 12.1 Å². The van der Waals surface area contributed by atoms with Crippen LogP contribution in [0.3, 0.4) is 0 Å². The predicted molar refractivity (Wildman–Crippen MR) is 43.0 cm³/mol. The molecular weight excluding hydrogens is 122 g/mol. The van der Waals surface area contributed by atoms with Gasteiger partial charge in [-0.3, -0.25) is 0 Å². The maximum atomic E-state index is 3.63. The molecule has 2 rings (SSSR count). The third kappa shape index (κ3) is 0.878. The van der Waals surface area contributed by atoms with Gasteiger partial charge in [0.15, 0.2) is 0 Å². The third-order valence-corrected chi connectivity index (χ3v) is 3.42. The van der Waals surface area contributed by atoms with Crippen molar-refractivity contribution in [1.29, 1.82) is 0 Å². The van der Waals surface area contributed by atoms with Crippen molar-refractivity contribution in [3.63, 3.8) is 0 Å². The summed E-state index contributed by atoms with van der Waals surface area (Å²) in [6, 6.07) is 0. The molecule has 1 saturated heterocycles. The first-order chi connectivity index (χ1) is 4.81. The molecule has 2 fully saturated rings. The standard InChI is InChI=1S/C9H17N/c1-9-6-3-2-4-8(9)5-7-10-9/h8,10H,2-7H2,1H3/t8-,9-/m1/s1. The van der Waals surface area contributed by atoms with E-state index in [0.29, 0.717) is 5.54 Å². The summed E-state index contributed by atoms with van der Waals surface area (Å²) in [5.41, 5.74) is 0.540. The van der Waals surface area contributed by atoms with Gasteiger partial charge in [0.2, 0.25) is 0 Å². The average molecular weight is 139 g/mol. The molecule has 0 amide bonds. The highest BCUT2D eigenvalue weighted by Gasteiger charge is 2.39. The normalized spacial score (nSPS) is 47.1. The molecular formula is C9H17N. The molecule has 1 heterocycles. The van der Waals surface area contributed by atoms with Gasteiger partial charge >= 0.3 is 0 Å². The smallest absolute Gasteiger partial charge is 0.0181 e. The first kappa shape index (κ1) is 6.66. The lowest BCUT2D eigenvalue weighted by atomic mass is 9.75. The van der Waals surface area contributed by atoms with Gasteiger partial charge in [0.25, 0.3) is 0 Å². The minimum atomic E-state index is 0.540. The van der Waals surface area contributed by atoms with Gasteiger partial charge in [-0.1, -0.05) is 12.8 Å². The second-order valence-corrected chi connectivity index (χ2v) is 4.08. The highest BCUT2D eigenvalue weighted by molar-refractivity contribution is 4.97. The summed E-state index contributed by atoms with van der Waals surface area (Å²) in [7, 11) is 0. The number of hydrogen-bond acceptors (Lipinski definition) is 1. The summed E-state index contributed by atoms with van der Waals surface area (Å²) in [5.74, 6) is 1.00. The summed E-state index contributed by atoms with van der Waals surface area (Å²) in [5, 5.41) is 3.63. The van der Waals surface area contributed by atoms with E-state index in [1.54, 1.807) is 0 Å². The molecule has 0 radical (unpaired) electrons. The van der Waals surface area contributed by atoms with E-state index in [9.17, 15) is 0 Å². The topological polar surface area (TPSA) is 12.0 Å². The summed E-state index contributed by atoms with van der Waals surface area (Å²) in [6.45, 7) is 3.67. The van der Waals surface area contributed by atoms with Crippen molar-refractivity contribution in [3.8, 4) is 0 Å². The zero-order valence-corrected chi connectivity index (χ0v) is 6.82. The van der Waals surface area contributed by atoms with Crippen LogP contribution in [0.5, 0.6) is 0 Å². The zero-order valence-electron chi connectivity index (χ0n) is 6.82. The highest BCUT2D eigenvalue weighted by atomic mass is 15.0. The fraction of sp³-hybridized carbons (Fsp3) is 1.00. The molecule has 0 aromatic rings. The Hall–Kier alpha value is -0.0400. The second kappa shape index (κ2) is 2.23. The van der Waals surface area contributed by atoms with Crippen LogP contribution >= 0.6 is 0 Å². The minimum Gasteiger partial charge on any atom is -0.311 e. The first-order valence-electron chi connectivity index (χ1n) is 4.56. The van der Waals surface area contributed by atoms with Crippen LogP contribution in [-0.2, 0) is 0 Å². The van der Waals surface area contributed by atoms with Crippen molar-refractivity contribution in [1.82, 2.24) is 5.32 Å². The van der Waals surface area contributed by atoms with Crippen LogP contribution in [0.1, 0.15) is 39.0 Å². The van der Waals surface area contributed by atoms with Crippen molar-refractivity contribution in [3.05, 3.63) is 0 Å². The molecule has 2 atom stereocenters. The molecule has 1 nitrogen and oxygen atoms in total. The highest BCUT2D eigenvalue weighted by Crippen LogP contribution is 2.38. The lowest BCUT2D eigenvalue weighted by molar-refractivity contribution is 0.218. The van der Waals surface area contributed by atoms with Gasteiger partial charge in [0.1, 0.15) is 0 Å². The van der Waals surface area contributed by atoms with Gasteiger partial charge in [-0.2, -0.15) is 0 Å². The molecule has 1 heteroatoms. The Balaban J connectivity index is 2.10. The second-order valence-electron chi connectivity index (χ2n) is 4.08. The van der Waals surface area contributed by atoms with E-state index >= 15 is 0 Å². The number of fused-ring (bicyclic) bond motifs is 1. The van der Waals surface area contributed by atoms with Crippen LogP contribution in [0.4, 0.5) is 0 Å². The van der Waals surface area contributed by atoms with Crippen LogP contribution in [0.15, 0.2) is 0 Å². The molecule has 0 aromatic carbocycles. The summed E-state index contributed by atoms with van der Waals surface area (Å²) in [4.78, 5) is 0. The Morgan fingerprint density at radius 3 is 3.00 bits per heavy atom. The van der Waals surface area contributed by atoms with Crippen molar-refractivity contribution in [2.75, 3.05) is 6.54 Å². The van der Waals surface area contributed by atoms with E-state index in [4.69, 9.17) is 0 Å². The maximum absolute atomic E-state index is 3.63. The molecule has 0 bridgehead atoms. The molecule has 10 heavy (non-hydrogen) atoms. The van der Waals surface area contributed by atoms with Crippen LogP contribution in [0.25, 0.3) is 0 Å². The van der Waals surface area contributed by atoms with Gasteiger partial charge in [0.05, 0.1) is 0 Å². The summed E-state index contributed by atoms with van der Waals surface area (Å²) < 4.78 is 0. The third-order valence-electron chi connectivity index (χ3n) is 3.42. The van der Waals surface area contributed by atoms with E-state index in [-0.39, 0.29) is 0 Å². The van der Waals surface area contributed by atoms with Crippen LogP contribution in [0, 0.1) is 5.92 Å². The monoisotopic (exact) mass is 139 g/mol. The summed E-state index contributed by atoms with van der Waals surface area (Å²) in [6.07, 6.45) is 7.24. The lowest BCUT2D eigenvalue weighted by Gasteiger charge is -2.36. The molecule has 1 aliphatic heterocycles. The van der Waals surface area contributed by atoms with Crippen molar-refractivity contribution >= 4 is 0 Å². The van der Waals surface area contributed by atoms with Crippen molar-refractivity contribution in [2.24, 2.45) is 5.92 Å². The molecule has 58 valence electrons.